The standard InChI is InChI=1S/C13H7BrF2N2O2S/c14-9-1-4-13(11(16)6-9)21(19,20)18-12-3-2-10(15)5-8(12)7-17/h1-6,18H. The molecule has 0 aromatic heterocycles. The molecule has 0 unspecified atom stereocenters. The second kappa shape index (κ2) is 5.79. The van der Waals surface area contributed by atoms with Crippen LogP contribution in [0.15, 0.2) is 45.8 Å². The summed E-state index contributed by atoms with van der Waals surface area (Å²) in [5.74, 6) is -1.62. The lowest BCUT2D eigenvalue weighted by atomic mass is 10.2. The van der Waals surface area contributed by atoms with Crippen molar-refractivity contribution in [2.75, 3.05) is 4.72 Å². The molecule has 0 saturated carbocycles. The molecule has 0 aliphatic carbocycles. The van der Waals surface area contributed by atoms with Crippen molar-refractivity contribution in [3.63, 3.8) is 0 Å². The zero-order chi connectivity index (χ0) is 15.6. The predicted molar refractivity (Wildman–Crippen MR) is 76.0 cm³/mol. The Labute approximate surface area is 128 Å². The Bertz CT molecular complexity index is 848. The topological polar surface area (TPSA) is 70.0 Å². The molecule has 0 fully saturated rings. The maximum absolute atomic E-state index is 13.7. The summed E-state index contributed by atoms with van der Waals surface area (Å²) >= 11 is 3.02. The van der Waals surface area contributed by atoms with Gasteiger partial charge in [0.05, 0.1) is 11.3 Å². The number of benzene rings is 2. The number of nitriles is 1. The fourth-order valence-electron chi connectivity index (χ4n) is 1.59. The second-order valence-corrected chi connectivity index (χ2v) is 6.55. The molecule has 0 aliphatic rings. The summed E-state index contributed by atoms with van der Waals surface area (Å²) in [5.41, 5.74) is -0.322. The quantitative estimate of drug-likeness (QED) is 0.897. The number of anilines is 1. The molecule has 2 aromatic rings. The van der Waals surface area contributed by atoms with Gasteiger partial charge in [0.25, 0.3) is 10.0 Å². The van der Waals surface area contributed by atoms with E-state index in [4.69, 9.17) is 5.26 Å². The van der Waals surface area contributed by atoms with E-state index in [1.165, 1.54) is 6.07 Å². The van der Waals surface area contributed by atoms with Gasteiger partial charge >= 0.3 is 0 Å². The molecule has 108 valence electrons. The van der Waals surface area contributed by atoms with Crippen molar-refractivity contribution in [2.45, 2.75) is 4.90 Å². The Morgan fingerprint density at radius 1 is 1.14 bits per heavy atom. The van der Waals surface area contributed by atoms with Crippen molar-refractivity contribution in [1.82, 2.24) is 0 Å². The third kappa shape index (κ3) is 3.37. The minimum absolute atomic E-state index is 0.124. The predicted octanol–water partition coefficient (Wildman–Crippen LogP) is 3.40. The van der Waals surface area contributed by atoms with E-state index in [0.717, 1.165) is 30.3 Å². The summed E-state index contributed by atoms with van der Waals surface area (Å²) in [5, 5.41) is 8.87. The molecule has 2 rings (SSSR count). The van der Waals surface area contributed by atoms with Gasteiger partial charge in [-0.05, 0) is 36.4 Å². The average Bonchev–Trinajstić information content (AvgIpc) is 2.40. The van der Waals surface area contributed by atoms with Crippen LogP contribution in [0.1, 0.15) is 5.56 Å². The van der Waals surface area contributed by atoms with Gasteiger partial charge in [0.15, 0.2) is 0 Å². The van der Waals surface area contributed by atoms with Crippen molar-refractivity contribution in [3.05, 3.63) is 58.1 Å². The van der Waals surface area contributed by atoms with Crippen molar-refractivity contribution >= 4 is 31.6 Å². The van der Waals surface area contributed by atoms with E-state index in [-0.39, 0.29) is 11.3 Å². The van der Waals surface area contributed by atoms with Crippen molar-refractivity contribution < 1.29 is 17.2 Å². The van der Waals surface area contributed by atoms with Crippen LogP contribution in [0.3, 0.4) is 0 Å². The Balaban J connectivity index is 2.45. The monoisotopic (exact) mass is 372 g/mol. The zero-order valence-electron chi connectivity index (χ0n) is 10.3. The highest BCUT2D eigenvalue weighted by Crippen LogP contribution is 2.24. The smallest absolute Gasteiger partial charge is 0.264 e. The van der Waals surface area contributed by atoms with E-state index >= 15 is 0 Å². The van der Waals surface area contributed by atoms with Gasteiger partial charge in [0.2, 0.25) is 0 Å². The summed E-state index contributed by atoms with van der Waals surface area (Å²) in [7, 11) is -4.23. The fourth-order valence-corrected chi connectivity index (χ4v) is 3.06. The van der Waals surface area contributed by atoms with Gasteiger partial charge in [-0.25, -0.2) is 17.2 Å². The molecule has 0 radical (unpaired) electrons. The molecular formula is C13H7BrF2N2O2S. The molecule has 0 aliphatic heterocycles. The summed E-state index contributed by atoms with van der Waals surface area (Å²) in [6, 6.07) is 8.10. The molecular weight excluding hydrogens is 366 g/mol. The number of sulfonamides is 1. The maximum atomic E-state index is 13.7. The lowest BCUT2D eigenvalue weighted by Crippen LogP contribution is -2.15. The Morgan fingerprint density at radius 3 is 2.48 bits per heavy atom. The Hall–Kier alpha value is -1.98. The number of hydrogen-bond acceptors (Lipinski definition) is 3. The van der Waals surface area contributed by atoms with E-state index in [2.05, 4.69) is 20.7 Å². The first-order valence-electron chi connectivity index (χ1n) is 5.51. The molecule has 4 nitrogen and oxygen atoms in total. The van der Waals surface area contributed by atoms with E-state index in [1.807, 2.05) is 0 Å². The first kappa shape index (κ1) is 15.4. The van der Waals surface area contributed by atoms with Crippen LogP contribution in [0.25, 0.3) is 0 Å². The summed E-state index contributed by atoms with van der Waals surface area (Å²) < 4.78 is 53.4. The highest BCUT2D eigenvalue weighted by atomic mass is 79.9. The van der Waals surface area contributed by atoms with E-state index < -0.39 is 26.6 Å². The van der Waals surface area contributed by atoms with Crippen LogP contribution in [-0.2, 0) is 10.0 Å². The van der Waals surface area contributed by atoms with Crippen molar-refractivity contribution in [1.29, 1.82) is 5.26 Å². The van der Waals surface area contributed by atoms with Crippen LogP contribution in [0.5, 0.6) is 0 Å². The van der Waals surface area contributed by atoms with E-state index in [0.29, 0.717) is 4.47 Å². The number of nitrogens with one attached hydrogen (secondary N) is 1. The Kier molecular flexibility index (Phi) is 4.25. The lowest BCUT2D eigenvalue weighted by molar-refractivity contribution is 0.569. The molecule has 8 heteroatoms. The van der Waals surface area contributed by atoms with Gasteiger partial charge in [0, 0.05) is 4.47 Å². The number of halogens is 3. The van der Waals surface area contributed by atoms with Gasteiger partial charge in [0.1, 0.15) is 22.6 Å². The minimum Gasteiger partial charge on any atom is -0.278 e. The average molecular weight is 373 g/mol. The van der Waals surface area contributed by atoms with Gasteiger partial charge < -0.3 is 0 Å². The normalized spacial score (nSPS) is 11.0. The lowest BCUT2D eigenvalue weighted by Gasteiger charge is -2.10. The summed E-state index contributed by atoms with van der Waals surface area (Å²) in [6.45, 7) is 0. The first-order valence-corrected chi connectivity index (χ1v) is 7.78. The van der Waals surface area contributed by atoms with Crippen molar-refractivity contribution in [3.8, 4) is 6.07 Å². The molecule has 0 heterocycles. The maximum Gasteiger partial charge on any atom is 0.264 e. The van der Waals surface area contributed by atoms with Gasteiger partial charge in [-0.2, -0.15) is 5.26 Å². The van der Waals surface area contributed by atoms with Crippen LogP contribution in [0.2, 0.25) is 0 Å². The number of hydrogen-bond donors (Lipinski definition) is 1. The van der Waals surface area contributed by atoms with Crippen LogP contribution >= 0.6 is 15.9 Å². The summed E-state index contributed by atoms with van der Waals surface area (Å²) in [4.78, 5) is -0.570. The number of rotatable bonds is 3. The highest BCUT2D eigenvalue weighted by molar-refractivity contribution is 9.10. The largest absolute Gasteiger partial charge is 0.278 e. The molecule has 1 N–H and O–H groups in total. The van der Waals surface area contributed by atoms with Gasteiger partial charge in [-0.15, -0.1) is 0 Å². The van der Waals surface area contributed by atoms with Crippen LogP contribution in [0, 0.1) is 23.0 Å². The van der Waals surface area contributed by atoms with Crippen LogP contribution in [-0.4, -0.2) is 8.42 Å². The second-order valence-electron chi connectivity index (χ2n) is 3.98. The third-order valence-electron chi connectivity index (χ3n) is 2.53. The third-order valence-corrected chi connectivity index (χ3v) is 4.42. The van der Waals surface area contributed by atoms with E-state index in [1.54, 1.807) is 6.07 Å². The van der Waals surface area contributed by atoms with E-state index in [9.17, 15) is 17.2 Å². The molecule has 0 atom stereocenters. The van der Waals surface area contributed by atoms with Gasteiger partial charge in [-0.1, -0.05) is 15.9 Å². The fraction of sp³-hybridized carbons (Fsp3) is 0. The minimum atomic E-state index is -4.23. The first-order chi connectivity index (χ1) is 9.83. The summed E-state index contributed by atoms with van der Waals surface area (Å²) in [6.07, 6.45) is 0. The SMILES string of the molecule is N#Cc1cc(F)ccc1NS(=O)(=O)c1ccc(Br)cc1F. The Morgan fingerprint density at radius 2 is 1.86 bits per heavy atom. The van der Waals surface area contributed by atoms with Gasteiger partial charge in [-0.3, -0.25) is 4.72 Å². The van der Waals surface area contributed by atoms with Crippen LogP contribution in [0.4, 0.5) is 14.5 Å². The highest BCUT2D eigenvalue weighted by Gasteiger charge is 2.20. The molecule has 0 bridgehead atoms. The molecule has 0 saturated heterocycles. The molecule has 0 amide bonds. The molecule has 2 aromatic carbocycles. The molecule has 21 heavy (non-hydrogen) atoms. The van der Waals surface area contributed by atoms with Crippen molar-refractivity contribution in [2.24, 2.45) is 0 Å². The molecule has 0 spiro atoms. The van der Waals surface area contributed by atoms with Crippen LogP contribution < -0.4 is 4.72 Å². The number of nitrogens with zero attached hydrogens (tertiary/aromatic N) is 1. The zero-order valence-corrected chi connectivity index (χ0v) is 12.7.